The lowest BCUT2D eigenvalue weighted by molar-refractivity contribution is -0.149. The van der Waals surface area contributed by atoms with E-state index in [1.54, 1.807) is 0 Å². The zero-order valence-corrected chi connectivity index (χ0v) is 11.6. The summed E-state index contributed by atoms with van der Waals surface area (Å²) in [6, 6.07) is 9.51. The van der Waals surface area contributed by atoms with Gasteiger partial charge in [-0.2, -0.15) is 0 Å². The van der Waals surface area contributed by atoms with E-state index in [1.165, 1.54) is 0 Å². The van der Waals surface area contributed by atoms with Crippen molar-refractivity contribution in [3.05, 3.63) is 35.9 Å². The minimum absolute atomic E-state index is 0.0602. The minimum Gasteiger partial charge on any atom is -0.461 e. The molecule has 1 unspecified atom stereocenters. The monoisotopic (exact) mass is 280 g/mol. The van der Waals surface area contributed by atoms with E-state index in [9.17, 15) is 9.59 Å². The van der Waals surface area contributed by atoms with Gasteiger partial charge in [0.05, 0.1) is 11.8 Å². The number of hydrogen-bond acceptors (Lipinski definition) is 3. The Labute approximate surface area is 117 Å². The molecule has 3 nitrogen and oxygen atoms in total. The second kappa shape index (κ2) is 6.20. The van der Waals surface area contributed by atoms with Crippen LogP contribution in [0.5, 0.6) is 0 Å². The molecule has 0 radical (unpaired) electrons. The maximum atomic E-state index is 11.7. The van der Waals surface area contributed by atoms with Crippen LogP contribution in [0.3, 0.4) is 0 Å². The molecule has 0 aromatic heterocycles. The van der Waals surface area contributed by atoms with E-state index >= 15 is 0 Å². The van der Waals surface area contributed by atoms with Crippen molar-refractivity contribution in [2.75, 3.05) is 0 Å². The summed E-state index contributed by atoms with van der Waals surface area (Å²) in [6.07, 6.45) is 0.962. The Morgan fingerprint density at radius 3 is 2.63 bits per heavy atom. The average molecular weight is 281 g/mol. The molecule has 0 spiro atoms. The second-order valence-corrected chi connectivity index (χ2v) is 5.30. The van der Waals surface area contributed by atoms with E-state index in [-0.39, 0.29) is 36.6 Å². The summed E-state index contributed by atoms with van der Waals surface area (Å²) < 4.78 is 5.20. The van der Waals surface area contributed by atoms with Crippen LogP contribution in [0.2, 0.25) is 0 Å². The number of carbonyl (C=O) groups excluding carboxylic acids is 2. The van der Waals surface area contributed by atoms with Crippen molar-refractivity contribution in [3.63, 3.8) is 0 Å². The third kappa shape index (κ3) is 3.16. The molecule has 1 saturated carbocycles. The van der Waals surface area contributed by atoms with Crippen LogP contribution in [-0.4, -0.2) is 17.1 Å². The van der Waals surface area contributed by atoms with Gasteiger partial charge in [0.15, 0.2) is 5.78 Å². The predicted molar refractivity (Wildman–Crippen MR) is 72.8 cm³/mol. The van der Waals surface area contributed by atoms with Crippen molar-refractivity contribution in [2.24, 2.45) is 11.8 Å². The molecular weight excluding hydrogens is 264 g/mol. The van der Waals surface area contributed by atoms with Gasteiger partial charge in [-0.15, -0.1) is 11.6 Å². The molecule has 1 aliphatic carbocycles. The number of alkyl halides is 1. The number of halogens is 1. The maximum absolute atomic E-state index is 11.7. The van der Waals surface area contributed by atoms with Gasteiger partial charge in [0, 0.05) is 11.8 Å². The standard InChI is InChI=1S/C15H17ClO3/c1-2-11-12(14(16)15(11)18)8-13(17)19-9-10-6-4-3-5-7-10/h3-7,11-12,14H,2,8-9H2,1H3/t11-,12-,14?/m1/s1. The van der Waals surface area contributed by atoms with Gasteiger partial charge in [0.2, 0.25) is 0 Å². The molecule has 1 aliphatic rings. The van der Waals surface area contributed by atoms with Crippen molar-refractivity contribution >= 4 is 23.4 Å². The van der Waals surface area contributed by atoms with Crippen molar-refractivity contribution in [3.8, 4) is 0 Å². The summed E-state index contributed by atoms with van der Waals surface area (Å²) in [4.78, 5) is 23.2. The quantitative estimate of drug-likeness (QED) is 0.615. The molecule has 102 valence electrons. The highest BCUT2D eigenvalue weighted by atomic mass is 35.5. The fourth-order valence-electron chi connectivity index (χ4n) is 2.45. The summed E-state index contributed by atoms with van der Waals surface area (Å²) in [6.45, 7) is 2.21. The van der Waals surface area contributed by atoms with Gasteiger partial charge in [-0.25, -0.2) is 0 Å². The smallest absolute Gasteiger partial charge is 0.306 e. The summed E-state index contributed by atoms with van der Waals surface area (Å²) >= 11 is 5.94. The fourth-order valence-corrected chi connectivity index (χ4v) is 2.88. The summed E-state index contributed by atoms with van der Waals surface area (Å²) in [7, 11) is 0. The van der Waals surface area contributed by atoms with Gasteiger partial charge in [0.1, 0.15) is 6.61 Å². The Balaban J connectivity index is 1.80. The molecule has 0 aliphatic heterocycles. The highest BCUT2D eigenvalue weighted by Crippen LogP contribution is 2.39. The Bertz CT molecular complexity index is 458. The largest absolute Gasteiger partial charge is 0.461 e. The Hall–Kier alpha value is -1.35. The molecule has 1 aromatic carbocycles. The van der Waals surface area contributed by atoms with Gasteiger partial charge in [-0.3, -0.25) is 9.59 Å². The lowest BCUT2D eigenvalue weighted by Gasteiger charge is -2.38. The van der Waals surface area contributed by atoms with E-state index in [0.717, 1.165) is 12.0 Å². The Morgan fingerprint density at radius 1 is 1.32 bits per heavy atom. The molecule has 4 heteroatoms. The molecule has 3 atom stereocenters. The molecule has 0 heterocycles. The third-order valence-electron chi connectivity index (χ3n) is 3.61. The topological polar surface area (TPSA) is 43.4 Å². The van der Waals surface area contributed by atoms with Crippen LogP contribution in [0.25, 0.3) is 0 Å². The van der Waals surface area contributed by atoms with Crippen molar-refractivity contribution in [1.82, 2.24) is 0 Å². The first-order valence-electron chi connectivity index (χ1n) is 6.50. The van der Waals surface area contributed by atoms with Gasteiger partial charge in [-0.1, -0.05) is 37.3 Å². The Kier molecular flexibility index (Phi) is 4.59. The number of Topliss-reactive ketones (excluding diaryl/α,β-unsaturated/α-hetero) is 1. The zero-order chi connectivity index (χ0) is 13.8. The number of ether oxygens (including phenoxy) is 1. The van der Waals surface area contributed by atoms with E-state index in [1.807, 2.05) is 37.3 Å². The highest BCUT2D eigenvalue weighted by molar-refractivity contribution is 6.34. The number of benzene rings is 1. The molecule has 1 fully saturated rings. The number of hydrogen-bond donors (Lipinski definition) is 0. The third-order valence-corrected chi connectivity index (χ3v) is 4.15. The number of rotatable bonds is 5. The lowest BCUT2D eigenvalue weighted by atomic mass is 9.69. The van der Waals surface area contributed by atoms with Gasteiger partial charge >= 0.3 is 5.97 Å². The highest BCUT2D eigenvalue weighted by Gasteiger charge is 2.48. The molecule has 0 amide bonds. The van der Waals surface area contributed by atoms with E-state index < -0.39 is 5.38 Å². The molecule has 0 N–H and O–H groups in total. The van der Waals surface area contributed by atoms with Crippen LogP contribution in [-0.2, 0) is 20.9 Å². The molecule has 19 heavy (non-hydrogen) atoms. The minimum atomic E-state index is -0.519. The predicted octanol–water partition coefficient (Wildman–Crippen LogP) is 2.95. The maximum Gasteiger partial charge on any atom is 0.306 e. The summed E-state index contributed by atoms with van der Waals surface area (Å²) in [5.74, 6) is -0.371. The lowest BCUT2D eigenvalue weighted by Crippen LogP contribution is -2.49. The van der Waals surface area contributed by atoms with Crippen LogP contribution in [0.1, 0.15) is 25.3 Å². The normalized spacial score (nSPS) is 25.8. The Morgan fingerprint density at radius 2 is 2.00 bits per heavy atom. The number of carbonyl (C=O) groups is 2. The van der Waals surface area contributed by atoms with Gasteiger partial charge in [0.25, 0.3) is 0 Å². The summed E-state index contributed by atoms with van der Waals surface area (Å²) in [5.41, 5.74) is 0.954. The first kappa shape index (κ1) is 14.1. The van der Waals surface area contributed by atoms with Crippen molar-refractivity contribution < 1.29 is 14.3 Å². The van der Waals surface area contributed by atoms with E-state index in [2.05, 4.69) is 0 Å². The fraction of sp³-hybridized carbons (Fsp3) is 0.467. The van der Waals surface area contributed by atoms with Crippen LogP contribution >= 0.6 is 11.6 Å². The van der Waals surface area contributed by atoms with Crippen molar-refractivity contribution in [1.29, 1.82) is 0 Å². The molecular formula is C15H17ClO3. The second-order valence-electron chi connectivity index (χ2n) is 4.83. The zero-order valence-electron chi connectivity index (χ0n) is 10.8. The molecule has 0 bridgehead atoms. The first-order chi connectivity index (χ1) is 9.13. The molecule has 1 aromatic rings. The molecule has 2 rings (SSSR count). The van der Waals surface area contributed by atoms with E-state index in [0.29, 0.717) is 0 Å². The van der Waals surface area contributed by atoms with Gasteiger partial charge < -0.3 is 4.74 Å². The first-order valence-corrected chi connectivity index (χ1v) is 6.94. The van der Waals surface area contributed by atoms with Crippen LogP contribution in [0.15, 0.2) is 30.3 Å². The van der Waals surface area contributed by atoms with Crippen LogP contribution < -0.4 is 0 Å². The van der Waals surface area contributed by atoms with Crippen LogP contribution in [0, 0.1) is 11.8 Å². The number of esters is 1. The van der Waals surface area contributed by atoms with Crippen LogP contribution in [0.4, 0.5) is 0 Å². The molecule has 0 saturated heterocycles. The number of ketones is 1. The van der Waals surface area contributed by atoms with Gasteiger partial charge in [-0.05, 0) is 12.0 Å². The summed E-state index contributed by atoms with van der Waals surface area (Å²) in [5, 5.41) is -0.519. The average Bonchev–Trinajstić information content (AvgIpc) is 2.45. The SMILES string of the molecule is CC[C@H]1C(=O)C(Cl)[C@@H]1CC(=O)OCc1ccccc1. The van der Waals surface area contributed by atoms with E-state index in [4.69, 9.17) is 16.3 Å². The van der Waals surface area contributed by atoms with Crippen molar-refractivity contribution in [2.45, 2.75) is 31.7 Å².